The van der Waals surface area contributed by atoms with Gasteiger partial charge in [0.15, 0.2) is 0 Å². The third kappa shape index (κ3) is 3.54. The highest BCUT2D eigenvalue weighted by Gasteiger charge is 2.39. The van der Waals surface area contributed by atoms with E-state index in [4.69, 9.17) is 4.74 Å². The Hall–Kier alpha value is -0.420. The minimum atomic E-state index is -0.646. The molecule has 0 saturated carbocycles. The number of hydrogen-bond acceptors (Lipinski definition) is 4. The number of aliphatic hydroxyl groups is 1. The Morgan fingerprint density at radius 2 is 2.33 bits per heavy atom. The van der Waals surface area contributed by atoms with Crippen molar-refractivity contribution in [3.05, 3.63) is 22.4 Å². The van der Waals surface area contributed by atoms with Gasteiger partial charge in [0, 0.05) is 30.3 Å². The van der Waals surface area contributed by atoms with Crippen molar-refractivity contribution >= 4 is 11.3 Å². The summed E-state index contributed by atoms with van der Waals surface area (Å²) in [4.78, 5) is 1.31. The van der Waals surface area contributed by atoms with Crippen LogP contribution in [0, 0.1) is 0 Å². The van der Waals surface area contributed by atoms with Crippen LogP contribution < -0.4 is 5.32 Å². The van der Waals surface area contributed by atoms with E-state index in [2.05, 4.69) is 29.8 Å². The van der Waals surface area contributed by atoms with Crippen molar-refractivity contribution in [2.24, 2.45) is 0 Å². The zero-order valence-corrected chi connectivity index (χ0v) is 12.2. The van der Waals surface area contributed by atoms with Gasteiger partial charge in [0.05, 0.1) is 17.8 Å². The molecular formula is C14H23NO2S. The lowest BCUT2D eigenvalue weighted by Crippen LogP contribution is -2.51. The summed E-state index contributed by atoms with van der Waals surface area (Å²) in [6, 6.07) is 4.48. The Morgan fingerprint density at radius 1 is 1.56 bits per heavy atom. The molecule has 1 saturated heterocycles. The summed E-state index contributed by atoms with van der Waals surface area (Å²) in [6.45, 7) is 7.48. The highest BCUT2D eigenvalue weighted by atomic mass is 32.1. The smallest absolute Gasteiger partial charge is 0.0820 e. The van der Waals surface area contributed by atoms with E-state index in [0.29, 0.717) is 32.0 Å². The van der Waals surface area contributed by atoms with Crippen LogP contribution in [0.1, 0.15) is 44.5 Å². The molecule has 0 unspecified atom stereocenters. The maximum absolute atomic E-state index is 10.6. The van der Waals surface area contributed by atoms with Crippen molar-refractivity contribution in [1.29, 1.82) is 0 Å². The molecule has 2 rings (SSSR count). The van der Waals surface area contributed by atoms with Crippen LogP contribution in [0.3, 0.4) is 0 Å². The highest BCUT2D eigenvalue weighted by molar-refractivity contribution is 7.10. The van der Waals surface area contributed by atoms with Crippen LogP contribution in [0.25, 0.3) is 0 Å². The van der Waals surface area contributed by atoms with Crippen molar-refractivity contribution < 1.29 is 9.84 Å². The van der Waals surface area contributed by atoms with Gasteiger partial charge in [0.2, 0.25) is 0 Å². The molecule has 1 aliphatic heterocycles. The number of nitrogens with one attached hydrogen (secondary N) is 1. The molecule has 2 atom stereocenters. The molecule has 0 aromatic carbocycles. The quantitative estimate of drug-likeness (QED) is 0.883. The average molecular weight is 269 g/mol. The van der Waals surface area contributed by atoms with Crippen LogP contribution in [0.15, 0.2) is 17.5 Å². The Balaban J connectivity index is 1.89. The Morgan fingerprint density at radius 3 is 2.94 bits per heavy atom. The molecule has 0 spiro atoms. The molecular weight excluding hydrogens is 246 g/mol. The molecule has 0 aliphatic carbocycles. The second-order valence-electron chi connectivity index (χ2n) is 5.88. The van der Waals surface area contributed by atoms with Gasteiger partial charge in [0.25, 0.3) is 0 Å². The zero-order valence-electron chi connectivity index (χ0n) is 11.4. The summed E-state index contributed by atoms with van der Waals surface area (Å²) in [5.41, 5.74) is -0.867. The first-order chi connectivity index (χ1) is 8.40. The normalized spacial score (nSPS) is 29.1. The minimum Gasteiger partial charge on any atom is -0.388 e. The first-order valence-corrected chi connectivity index (χ1v) is 7.41. The standard InChI is InChI=1S/C14H23NO2S/c1-11(12-5-4-8-18-12)15-10-14(16)6-7-17-13(2,3)9-14/h4-5,8,11,15-16H,6-7,9-10H2,1-3H3/t11-,14+/m0/s1. The Bertz CT molecular complexity index is 377. The van der Waals surface area contributed by atoms with Gasteiger partial charge >= 0.3 is 0 Å². The maximum Gasteiger partial charge on any atom is 0.0820 e. The fourth-order valence-electron chi connectivity index (χ4n) is 2.58. The lowest BCUT2D eigenvalue weighted by atomic mass is 9.84. The van der Waals surface area contributed by atoms with Gasteiger partial charge in [-0.05, 0) is 32.2 Å². The molecule has 18 heavy (non-hydrogen) atoms. The first kappa shape index (κ1) is 14.0. The van der Waals surface area contributed by atoms with Gasteiger partial charge in [-0.25, -0.2) is 0 Å². The molecule has 0 amide bonds. The zero-order chi connectivity index (χ0) is 13.2. The lowest BCUT2D eigenvalue weighted by Gasteiger charge is -2.42. The monoisotopic (exact) mass is 269 g/mol. The van der Waals surface area contributed by atoms with E-state index in [1.54, 1.807) is 11.3 Å². The van der Waals surface area contributed by atoms with Crippen LogP contribution in [0.5, 0.6) is 0 Å². The van der Waals surface area contributed by atoms with E-state index >= 15 is 0 Å². The molecule has 1 fully saturated rings. The number of hydrogen-bond donors (Lipinski definition) is 2. The second kappa shape index (κ2) is 5.29. The summed E-state index contributed by atoms with van der Waals surface area (Å²) in [5.74, 6) is 0. The van der Waals surface area contributed by atoms with E-state index in [0.717, 1.165) is 0 Å². The largest absolute Gasteiger partial charge is 0.388 e. The molecule has 102 valence electrons. The molecule has 3 nitrogen and oxygen atoms in total. The van der Waals surface area contributed by atoms with Crippen molar-refractivity contribution in [2.75, 3.05) is 13.2 Å². The van der Waals surface area contributed by atoms with Crippen molar-refractivity contribution in [2.45, 2.75) is 50.9 Å². The molecule has 0 radical (unpaired) electrons. The predicted octanol–water partition coefficient (Wildman–Crippen LogP) is 2.72. The van der Waals surface area contributed by atoms with Gasteiger partial charge in [-0.15, -0.1) is 11.3 Å². The molecule has 0 bridgehead atoms. The van der Waals surface area contributed by atoms with Crippen LogP contribution >= 0.6 is 11.3 Å². The van der Waals surface area contributed by atoms with Gasteiger partial charge in [-0.2, -0.15) is 0 Å². The third-order valence-electron chi connectivity index (χ3n) is 3.52. The Labute approximate surface area is 113 Å². The number of rotatable bonds is 4. The number of ether oxygens (including phenoxy) is 1. The summed E-state index contributed by atoms with van der Waals surface area (Å²) < 4.78 is 5.65. The summed E-state index contributed by atoms with van der Waals surface area (Å²) in [5, 5.41) is 16.1. The molecule has 2 heterocycles. The fraction of sp³-hybridized carbons (Fsp3) is 0.714. The van der Waals surface area contributed by atoms with Crippen LogP contribution in [0.2, 0.25) is 0 Å². The summed E-state index contributed by atoms with van der Waals surface area (Å²) >= 11 is 1.75. The van der Waals surface area contributed by atoms with E-state index in [1.165, 1.54) is 4.88 Å². The van der Waals surface area contributed by atoms with E-state index in [9.17, 15) is 5.11 Å². The molecule has 1 aliphatic rings. The molecule has 2 N–H and O–H groups in total. The third-order valence-corrected chi connectivity index (χ3v) is 4.58. The van der Waals surface area contributed by atoms with Gasteiger partial charge < -0.3 is 15.2 Å². The van der Waals surface area contributed by atoms with Crippen LogP contribution in [0.4, 0.5) is 0 Å². The molecule has 1 aromatic rings. The van der Waals surface area contributed by atoms with Crippen molar-refractivity contribution in [1.82, 2.24) is 5.32 Å². The molecule has 1 aromatic heterocycles. The highest BCUT2D eigenvalue weighted by Crippen LogP contribution is 2.32. The summed E-state index contributed by atoms with van der Waals surface area (Å²) in [6.07, 6.45) is 1.39. The molecule has 4 heteroatoms. The average Bonchev–Trinajstić information content (AvgIpc) is 2.77. The Kier molecular flexibility index (Phi) is 4.11. The van der Waals surface area contributed by atoms with Crippen molar-refractivity contribution in [3.8, 4) is 0 Å². The van der Waals surface area contributed by atoms with E-state index < -0.39 is 5.60 Å². The van der Waals surface area contributed by atoms with Gasteiger partial charge in [-0.1, -0.05) is 6.07 Å². The van der Waals surface area contributed by atoms with Crippen LogP contribution in [-0.4, -0.2) is 29.5 Å². The maximum atomic E-state index is 10.6. The first-order valence-electron chi connectivity index (χ1n) is 6.53. The summed E-state index contributed by atoms with van der Waals surface area (Å²) in [7, 11) is 0. The second-order valence-corrected chi connectivity index (χ2v) is 6.86. The fourth-order valence-corrected chi connectivity index (χ4v) is 3.34. The minimum absolute atomic E-state index is 0.221. The van der Waals surface area contributed by atoms with Gasteiger partial charge in [-0.3, -0.25) is 0 Å². The van der Waals surface area contributed by atoms with Gasteiger partial charge in [0.1, 0.15) is 0 Å². The topological polar surface area (TPSA) is 41.5 Å². The predicted molar refractivity (Wildman–Crippen MR) is 75.0 cm³/mol. The number of thiophene rings is 1. The lowest BCUT2D eigenvalue weighted by molar-refractivity contribution is -0.142. The van der Waals surface area contributed by atoms with E-state index in [-0.39, 0.29) is 5.60 Å². The van der Waals surface area contributed by atoms with Crippen molar-refractivity contribution in [3.63, 3.8) is 0 Å². The SMILES string of the molecule is C[C@H](NC[C@@]1(O)CCOC(C)(C)C1)c1cccs1. The van der Waals surface area contributed by atoms with E-state index in [1.807, 2.05) is 13.8 Å². The van der Waals surface area contributed by atoms with Crippen LogP contribution in [-0.2, 0) is 4.74 Å².